The highest BCUT2D eigenvalue weighted by Gasteiger charge is 2.34. The van der Waals surface area contributed by atoms with Gasteiger partial charge in [-0.15, -0.1) is 0 Å². The van der Waals surface area contributed by atoms with E-state index >= 15 is 0 Å². The summed E-state index contributed by atoms with van der Waals surface area (Å²) >= 11 is 0. The van der Waals surface area contributed by atoms with Gasteiger partial charge in [0, 0.05) is 0 Å². The highest BCUT2D eigenvalue weighted by atomic mass is 16.6. The van der Waals surface area contributed by atoms with Crippen LogP contribution in [0.2, 0.25) is 0 Å². The number of carbonyl (C=O) groups excluding carboxylic acids is 1. The summed E-state index contributed by atoms with van der Waals surface area (Å²) in [5.41, 5.74) is -0.602. The van der Waals surface area contributed by atoms with Gasteiger partial charge in [0.25, 0.3) is 0 Å². The number of hydrogen-bond acceptors (Lipinski definition) is 2. The molecular formula is C21H44O2. The van der Waals surface area contributed by atoms with E-state index in [0.717, 1.165) is 19.3 Å². The second-order valence-electron chi connectivity index (χ2n) is 7.76. The lowest BCUT2D eigenvalue weighted by Crippen LogP contribution is -2.37. The Morgan fingerprint density at radius 3 is 1.57 bits per heavy atom. The minimum atomic E-state index is -0.354. The molecule has 0 atom stereocenters. The van der Waals surface area contributed by atoms with Gasteiger partial charge in [-0.25, -0.2) is 0 Å². The summed E-state index contributed by atoms with van der Waals surface area (Å²) in [6.45, 7) is 8.20. The molecule has 0 aromatic heterocycles. The predicted octanol–water partition coefficient (Wildman–Crippen LogP) is 7.30. The Kier molecular flexibility index (Phi) is 12.8. The summed E-state index contributed by atoms with van der Waals surface area (Å²) in [5.74, 6) is -0.0143. The normalized spacial score (nSPS) is 20.0. The number of rotatable bonds is 3. The molecule has 0 saturated heterocycles. The lowest BCUT2D eigenvalue weighted by molar-refractivity contribution is -0.170. The average Bonchev–Trinajstić information content (AvgIpc) is 2.43. The fourth-order valence-corrected chi connectivity index (χ4v) is 2.97. The summed E-state index contributed by atoms with van der Waals surface area (Å²) in [6, 6.07) is 0. The first-order valence-corrected chi connectivity index (χ1v) is 9.13. The maximum atomic E-state index is 12.4. The largest absolute Gasteiger partial charge is 0.459 e. The molecule has 1 aliphatic carbocycles. The maximum Gasteiger partial charge on any atom is 0.312 e. The van der Waals surface area contributed by atoms with Gasteiger partial charge < -0.3 is 4.74 Å². The Morgan fingerprint density at radius 1 is 0.870 bits per heavy atom. The first-order chi connectivity index (χ1) is 9.90. The third-order valence-corrected chi connectivity index (χ3v) is 5.19. The van der Waals surface area contributed by atoms with Gasteiger partial charge in [0.05, 0.1) is 5.41 Å². The van der Waals surface area contributed by atoms with Crippen LogP contribution < -0.4 is 0 Å². The van der Waals surface area contributed by atoms with Gasteiger partial charge in [-0.1, -0.05) is 66.7 Å². The topological polar surface area (TPSA) is 26.3 Å². The minimum Gasteiger partial charge on any atom is -0.459 e. The number of ether oxygens (including phenoxy) is 1. The average molecular weight is 329 g/mol. The van der Waals surface area contributed by atoms with Crippen LogP contribution >= 0.6 is 0 Å². The van der Waals surface area contributed by atoms with E-state index in [-0.39, 0.29) is 31.8 Å². The van der Waals surface area contributed by atoms with Crippen molar-refractivity contribution in [3.8, 4) is 0 Å². The van der Waals surface area contributed by atoms with Crippen LogP contribution in [0.5, 0.6) is 0 Å². The summed E-state index contributed by atoms with van der Waals surface area (Å²) in [7, 11) is 0. The van der Waals surface area contributed by atoms with Crippen molar-refractivity contribution < 1.29 is 9.53 Å². The lowest BCUT2D eigenvalue weighted by atomic mass is 9.87. The molecule has 0 amide bonds. The first kappa shape index (κ1) is 24.7. The lowest BCUT2D eigenvalue weighted by Gasteiger charge is -2.34. The van der Waals surface area contributed by atoms with E-state index in [1.807, 2.05) is 13.8 Å². The number of carbonyl (C=O) groups is 1. The Balaban J connectivity index is 0. The van der Waals surface area contributed by atoms with E-state index in [1.165, 1.54) is 57.8 Å². The van der Waals surface area contributed by atoms with Gasteiger partial charge in [-0.05, 0) is 52.9 Å². The van der Waals surface area contributed by atoms with Crippen LogP contribution in [0, 0.1) is 5.41 Å². The number of esters is 1. The van der Waals surface area contributed by atoms with Crippen molar-refractivity contribution in [3.63, 3.8) is 0 Å². The van der Waals surface area contributed by atoms with Crippen molar-refractivity contribution in [1.82, 2.24) is 0 Å². The van der Waals surface area contributed by atoms with Gasteiger partial charge in [0.2, 0.25) is 0 Å². The summed E-state index contributed by atoms with van der Waals surface area (Å²) in [4.78, 5) is 12.4. The summed E-state index contributed by atoms with van der Waals surface area (Å²) in [6.07, 6.45) is 14.7. The van der Waals surface area contributed by atoms with Gasteiger partial charge in [-0.3, -0.25) is 4.79 Å². The summed E-state index contributed by atoms with van der Waals surface area (Å²) in [5, 5.41) is 0. The Morgan fingerprint density at radius 2 is 1.22 bits per heavy atom. The van der Waals surface area contributed by atoms with Crippen LogP contribution in [0.25, 0.3) is 0 Å². The van der Waals surface area contributed by atoms with Gasteiger partial charge in [-0.2, -0.15) is 0 Å². The maximum absolute atomic E-state index is 12.4. The fourth-order valence-electron chi connectivity index (χ4n) is 2.97. The molecule has 0 aliphatic heterocycles. The monoisotopic (exact) mass is 328 g/mol. The molecule has 23 heavy (non-hydrogen) atoms. The van der Waals surface area contributed by atoms with Crippen LogP contribution in [-0.2, 0) is 9.53 Å². The predicted molar refractivity (Wildman–Crippen MR) is 103 cm³/mol. The van der Waals surface area contributed by atoms with E-state index < -0.39 is 0 Å². The molecule has 2 nitrogen and oxygen atoms in total. The first-order valence-electron chi connectivity index (χ1n) is 9.13. The van der Waals surface area contributed by atoms with Crippen molar-refractivity contribution in [2.24, 2.45) is 5.41 Å². The van der Waals surface area contributed by atoms with Crippen LogP contribution in [0.3, 0.4) is 0 Å². The second-order valence-corrected chi connectivity index (χ2v) is 7.76. The van der Waals surface area contributed by atoms with Crippen LogP contribution in [-0.4, -0.2) is 11.6 Å². The molecule has 0 N–H and O–H groups in total. The van der Waals surface area contributed by atoms with Gasteiger partial charge >= 0.3 is 5.97 Å². The Labute approximate surface area is 146 Å². The highest BCUT2D eigenvalue weighted by molar-refractivity contribution is 5.76. The molecular weight excluding hydrogens is 284 g/mol. The molecule has 2 heteroatoms. The molecule has 0 spiro atoms. The fraction of sp³-hybridized carbons (Fsp3) is 0.952. The zero-order valence-electron chi connectivity index (χ0n) is 14.8. The van der Waals surface area contributed by atoms with Crippen molar-refractivity contribution in [2.75, 3.05) is 0 Å². The Bertz CT molecular complexity index is 295. The van der Waals surface area contributed by atoms with Crippen LogP contribution in [0.15, 0.2) is 0 Å². The van der Waals surface area contributed by atoms with Gasteiger partial charge in [0.15, 0.2) is 0 Å². The third kappa shape index (κ3) is 9.37. The van der Waals surface area contributed by atoms with E-state index in [0.29, 0.717) is 0 Å². The van der Waals surface area contributed by atoms with E-state index in [1.54, 1.807) is 0 Å². The standard InChI is InChI=1S/C19H36O2.2CH4/c1-5-18(2,3)17(20)21-19(4)15-13-11-9-7-6-8-10-12-14-16-19;;/h5-16H2,1-4H3;2*1H4. The van der Waals surface area contributed by atoms with E-state index in [4.69, 9.17) is 4.74 Å². The molecule has 1 aliphatic rings. The van der Waals surface area contributed by atoms with Crippen molar-refractivity contribution in [2.45, 2.75) is 125 Å². The second kappa shape index (κ2) is 11.9. The molecule has 0 aromatic rings. The summed E-state index contributed by atoms with van der Waals surface area (Å²) < 4.78 is 6.00. The third-order valence-electron chi connectivity index (χ3n) is 5.19. The molecule has 0 bridgehead atoms. The van der Waals surface area contributed by atoms with Crippen LogP contribution in [0.4, 0.5) is 0 Å². The molecule has 0 aromatic carbocycles. The van der Waals surface area contributed by atoms with Gasteiger partial charge in [0.1, 0.15) is 5.60 Å². The van der Waals surface area contributed by atoms with Crippen LogP contribution in [0.1, 0.15) is 120 Å². The van der Waals surface area contributed by atoms with Crippen molar-refractivity contribution >= 4 is 5.97 Å². The smallest absolute Gasteiger partial charge is 0.312 e. The molecule has 1 rings (SSSR count). The zero-order valence-corrected chi connectivity index (χ0v) is 14.8. The SMILES string of the molecule is C.C.CCC(C)(C)C(=O)OC1(C)CCCCCCCCCCC1. The molecule has 140 valence electrons. The van der Waals surface area contributed by atoms with E-state index in [2.05, 4.69) is 13.8 Å². The Hall–Kier alpha value is -0.530. The minimum absolute atomic E-state index is 0. The molecule has 1 fully saturated rings. The van der Waals surface area contributed by atoms with E-state index in [9.17, 15) is 4.79 Å². The highest BCUT2D eigenvalue weighted by Crippen LogP contribution is 2.32. The molecule has 0 radical (unpaired) electrons. The molecule has 0 unspecified atom stereocenters. The van der Waals surface area contributed by atoms with Crippen molar-refractivity contribution in [1.29, 1.82) is 0 Å². The number of hydrogen-bond donors (Lipinski definition) is 0. The zero-order chi connectivity index (χ0) is 15.8. The quantitative estimate of drug-likeness (QED) is 0.508. The molecule has 0 heterocycles. The molecule has 1 saturated carbocycles. The van der Waals surface area contributed by atoms with Crippen molar-refractivity contribution in [3.05, 3.63) is 0 Å².